The van der Waals surface area contributed by atoms with Crippen LogP contribution in [0.2, 0.25) is 6.32 Å². The summed E-state index contributed by atoms with van der Waals surface area (Å²) in [6.07, 6.45) is 2.73. The van der Waals surface area contributed by atoms with Crippen LogP contribution in [0.4, 0.5) is 5.69 Å². The van der Waals surface area contributed by atoms with E-state index in [4.69, 9.17) is 0 Å². The number of likely N-dealkylation sites (N-methyl/N-ethyl adjacent to an activating group) is 1. The average Bonchev–Trinajstić information content (AvgIpc) is 2.96. The van der Waals surface area contributed by atoms with Crippen molar-refractivity contribution in [2.75, 3.05) is 45.2 Å². The number of quaternary nitrogens is 1. The van der Waals surface area contributed by atoms with Gasteiger partial charge in [0.05, 0.1) is 46.4 Å². The molecule has 5 rings (SSSR count). The molecule has 0 N–H and O–H groups in total. The molecule has 37 heavy (non-hydrogen) atoms. The Balaban J connectivity index is 0.000000195. The lowest BCUT2D eigenvalue weighted by Crippen LogP contribution is -2.66. The van der Waals surface area contributed by atoms with Crippen molar-refractivity contribution < 1.29 is 4.48 Å². The van der Waals surface area contributed by atoms with Crippen molar-refractivity contribution >= 4 is 28.2 Å². The van der Waals surface area contributed by atoms with Crippen LogP contribution in [0.5, 0.6) is 0 Å². The molecule has 0 unspecified atom stereocenters. The number of unbranched alkanes of at least 4 members (excludes halogenated alkanes) is 1. The highest BCUT2D eigenvalue weighted by molar-refractivity contribution is 7.11. The zero-order valence-corrected chi connectivity index (χ0v) is 23.0. The van der Waals surface area contributed by atoms with Crippen molar-refractivity contribution in [3.63, 3.8) is 0 Å². The van der Waals surface area contributed by atoms with Gasteiger partial charge in [-0.15, -0.1) is 0 Å². The topological polar surface area (TPSA) is 3.24 Å². The molecular weight excluding hydrogens is 447 g/mol. The maximum atomic E-state index is 2.48. The second-order valence-electron chi connectivity index (χ2n) is 11.1. The molecule has 4 aromatic rings. The molecule has 2 nitrogen and oxygen atoms in total. The molecule has 192 valence electrons. The predicted octanol–water partition coefficient (Wildman–Crippen LogP) is 5.54. The quantitative estimate of drug-likeness (QED) is 0.243. The van der Waals surface area contributed by atoms with Gasteiger partial charge >= 0.3 is 0 Å². The largest absolute Gasteiger partial charge is 0.360 e. The van der Waals surface area contributed by atoms with E-state index in [0.29, 0.717) is 0 Å². The van der Waals surface area contributed by atoms with E-state index in [1.54, 1.807) is 0 Å². The van der Waals surface area contributed by atoms with Gasteiger partial charge in [0.25, 0.3) is 0 Å². The van der Waals surface area contributed by atoms with Crippen LogP contribution in [0.3, 0.4) is 0 Å². The first-order valence-electron chi connectivity index (χ1n) is 14.0. The van der Waals surface area contributed by atoms with Crippen LogP contribution in [0.15, 0.2) is 121 Å². The number of benzene rings is 4. The second kappa shape index (κ2) is 12.8. The van der Waals surface area contributed by atoms with Crippen molar-refractivity contribution in [3.8, 4) is 0 Å². The Morgan fingerprint density at radius 2 is 0.973 bits per heavy atom. The Hall–Kier alpha value is -3.30. The molecule has 1 aliphatic heterocycles. The first kappa shape index (κ1) is 26.8. The Kier molecular flexibility index (Phi) is 9.25. The van der Waals surface area contributed by atoms with Crippen LogP contribution in [-0.2, 0) is 0 Å². The third-order valence-electron chi connectivity index (χ3n) is 8.17. The van der Waals surface area contributed by atoms with Gasteiger partial charge < -0.3 is 9.38 Å². The Morgan fingerprint density at radius 1 is 0.595 bits per heavy atom. The summed E-state index contributed by atoms with van der Waals surface area (Å²) in [5, 5.41) is 0. The first-order valence-corrected chi connectivity index (χ1v) is 14.0. The summed E-state index contributed by atoms with van der Waals surface area (Å²) in [6.45, 7) is 7.12. The number of hydrogen-bond donors (Lipinski definition) is 0. The average molecular weight is 491 g/mol. The lowest BCUT2D eigenvalue weighted by molar-refractivity contribution is -0.890. The van der Waals surface area contributed by atoms with Gasteiger partial charge in [-0.05, 0) is 12.1 Å². The molecule has 0 amide bonds. The van der Waals surface area contributed by atoms with E-state index >= 15 is 0 Å². The molecule has 0 aromatic heterocycles. The summed E-state index contributed by atoms with van der Waals surface area (Å²) < 4.78 is 1.16. The summed E-state index contributed by atoms with van der Waals surface area (Å²) >= 11 is 0. The molecule has 1 aliphatic rings. The number of para-hydroxylation sites is 1. The van der Waals surface area contributed by atoms with E-state index in [9.17, 15) is 0 Å². The van der Waals surface area contributed by atoms with Crippen LogP contribution in [0, 0.1) is 0 Å². The Bertz CT molecular complexity index is 1070. The second-order valence-corrected chi connectivity index (χ2v) is 11.1. The van der Waals surface area contributed by atoms with Gasteiger partial charge in [-0.2, -0.15) is 22.7 Å². The molecule has 0 bridgehead atoms. The Labute approximate surface area is 225 Å². The van der Waals surface area contributed by atoms with Gasteiger partial charge in [0, 0.05) is 5.69 Å². The third-order valence-corrected chi connectivity index (χ3v) is 8.17. The zero-order chi connectivity index (χ0) is 26.0. The van der Waals surface area contributed by atoms with Gasteiger partial charge in [0.15, 0.2) is 0 Å². The number of piperazine rings is 1. The van der Waals surface area contributed by atoms with Gasteiger partial charge in [0.2, 0.25) is 0 Å². The fourth-order valence-electron chi connectivity index (χ4n) is 5.84. The summed E-state index contributed by atoms with van der Waals surface area (Å²) in [6, 6.07) is 43.9. The van der Waals surface area contributed by atoms with Crippen molar-refractivity contribution in [1.29, 1.82) is 0 Å². The molecule has 3 heteroatoms. The number of anilines is 1. The third kappa shape index (κ3) is 6.73. The summed E-state index contributed by atoms with van der Waals surface area (Å²) in [5.41, 5.74) is 5.70. The van der Waals surface area contributed by atoms with Crippen LogP contribution in [-0.4, -0.2) is 50.9 Å². The predicted molar refractivity (Wildman–Crippen MR) is 164 cm³/mol. The van der Waals surface area contributed by atoms with Crippen LogP contribution in [0.25, 0.3) is 0 Å². The van der Waals surface area contributed by atoms with Crippen molar-refractivity contribution in [1.82, 2.24) is 0 Å². The minimum absolute atomic E-state index is 0.913. The molecule has 0 saturated carbocycles. The van der Waals surface area contributed by atoms with Crippen molar-refractivity contribution in [3.05, 3.63) is 121 Å². The van der Waals surface area contributed by atoms with Crippen molar-refractivity contribution in [2.45, 2.75) is 26.1 Å². The molecule has 4 aromatic carbocycles. The number of rotatable bonds is 7. The Morgan fingerprint density at radius 3 is 1.35 bits per heavy atom. The highest BCUT2D eigenvalue weighted by Gasteiger charge is 2.29. The van der Waals surface area contributed by atoms with Crippen LogP contribution >= 0.6 is 0 Å². The summed E-state index contributed by atoms with van der Waals surface area (Å²) in [4.78, 5) is 2.48. The van der Waals surface area contributed by atoms with Gasteiger partial charge in [-0.25, -0.2) is 0 Å². The van der Waals surface area contributed by atoms with Crippen molar-refractivity contribution in [2.24, 2.45) is 0 Å². The minimum atomic E-state index is -0.913. The summed E-state index contributed by atoms with van der Waals surface area (Å²) in [5.74, 6) is 0. The monoisotopic (exact) mass is 490 g/mol. The highest BCUT2D eigenvalue weighted by atomic mass is 15.4. The maximum Gasteiger partial charge on any atom is 0.0961 e. The lowest BCUT2D eigenvalue weighted by atomic mass is 9.14. The van der Waals surface area contributed by atoms with Gasteiger partial charge in [-0.1, -0.05) is 129 Å². The molecule has 1 fully saturated rings. The molecule has 0 spiro atoms. The normalized spacial score (nSPS) is 14.9. The molecule has 0 aliphatic carbocycles. The fourth-order valence-corrected chi connectivity index (χ4v) is 5.84. The minimum Gasteiger partial charge on any atom is -0.360 e. The van der Waals surface area contributed by atoms with Crippen LogP contribution in [0.1, 0.15) is 19.8 Å². The SMILES string of the molecule is CCCC[B-](c1ccccc1)(c1ccccc1)c1ccccc1.C[N+]1(C)CCN(c2ccccc2)CC1. The highest BCUT2D eigenvalue weighted by Crippen LogP contribution is 2.17. The zero-order valence-electron chi connectivity index (χ0n) is 23.0. The fraction of sp³-hybridized carbons (Fsp3) is 0.294. The van der Waals surface area contributed by atoms with Gasteiger partial charge in [0.1, 0.15) is 0 Å². The lowest BCUT2D eigenvalue weighted by Gasteiger charge is -2.43. The van der Waals surface area contributed by atoms with Crippen LogP contribution < -0.4 is 21.3 Å². The first-order chi connectivity index (χ1) is 18.0. The molecular formula is C34H43BN2. The standard InChI is InChI=1S/C22H24B.C12H19N2/c1-2-3-19-23(20-13-7-4-8-14-20,21-15-9-5-10-16-21)22-17-11-6-12-18-22;1-14(2)10-8-13(9-11-14)12-6-4-3-5-7-12/h4-18H,2-3,19H2,1H3;3-7H,8-11H2,1-2H3/q-1;+1. The van der Waals surface area contributed by atoms with E-state index in [2.05, 4.69) is 147 Å². The molecule has 0 radical (unpaired) electrons. The van der Waals surface area contributed by atoms with E-state index in [1.807, 2.05) is 0 Å². The number of hydrogen-bond acceptors (Lipinski definition) is 1. The molecule has 1 saturated heterocycles. The summed E-state index contributed by atoms with van der Waals surface area (Å²) in [7, 11) is 4.62. The van der Waals surface area contributed by atoms with E-state index < -0.39 is 6.15 Å². The maximum absolute atomic E-state index is 2.48. The molecule has 1 heterocycles. The van der Waals surface area contributed by atoms with Gasteiger partial charge in [-0.3, -0.25) is 0 Å². The van der Waals surface area contributed by atoms with E-state index in [0.717, 1.165) is 4.48 Å². The van der Waals surface area contributed by atoms with E-state index in [1.165, 1.54) is 67.4 Å². The van der Waals surface area contributed by atoms with E-state index in [-0.39, 0.29) is 0 Å². The number of nitrogens with zero attached hydrogens (tertiary/aromatic N) is 2. The molecule has 0 atom stereocenters. The smallest absolute Gasteiger partial charge is 0.0961 e.